The highest BCUT2D eigenvalue weighted by Gasteiger charge is 2.21. The predicted molar refractivity (Wildman–Crippen MR) is 91.1 cm³/mol. The number of benzene rings is 1. The Kier molecular flexibility index (Phi) is 4.83. The minimum absolute atomic E-state index is 0.320. The van der Waals surface area contributed by atoms with Crippen molar-refractivity contribution in [3.8, 4) is 5.75 Å². The van der Waals surface area contributed by atoms with Crippen molar-refractivity contribution in [2.45, 2.75) is 13.5 Å². The van der Waals surface area contributed by atoms with Crippen LogP contribution in [-0.4, -0.2) is 59.3 Å². The lowest BCUT2D eigenvalue weighted by Gasteiger charge is -2.37. The second kappa shape index (κ2) is 7.20. The van der Waals surface area contributed by atoms with Crippen molar-refractivity contribution in [3.63, 3.8) is 0 Å². The topological polar surface area (TPSA) is 90.0 Å². The number of guanidine groups is 1. The third-order valence-corrected chi connectivity index (χ3v) is 3.99. The molecule has 1 aromatic heterocycles. The van der Waals surface area contributed by atoms with E-state index in [-0.39, 0.29) is 0 Å². The number of aryl methyl sites for hydroxylation is 1. The molecule has 0 spiro atoms. The van der Waals surface area contributed by atoms with Gasteiger partial charge in [-0.2, -0.15) is 4.98 Å². The van der Waals surface area contributed by atoms with Crippen LogP contribution in [0.25, 0.3) is 0 Å². The minimum Gasteiger partial charge on any atom is -0.506 e. The Balaban J connectivity index is 1.55. The maximum Gasteiger partial charge on any atom is 0.223 e. The van der Waals surface area contributed by atoms with Crippen molar-refractivity contribution in [1.29, 1.82) is 0 Å². The van der Waals surface area contributed by atoms with Crippen LogP contribution in [-0.2, 0) is 6.54 Å². The van der Waals surface area contributed by atoms with E-state index >= 15 is 0 Å². The molecule has 1 aliphatic heterocycles. The van der Waals surface area contributed by atoms with Gasteiger partial charge in [0.2, 0.25) is 5.89 Å². The quantitative estimate of drug-likeness (QED) is 0.640. The van der Waals surface area contributed by atoms with E-state index in [1.54, 1.807) is 20.0 Å². The number of hydrogen-bond donors (Lipinski definition) is 2. The van der Waals surface area contributed by atoms with Crippen LogP contribution in [0.4, 0.5) is 5.69 Å². The number of phenolic OH excluding ortho intramolecular Hbond substituents is 1. The van der Waals surface area contributed by atoms with Gasteiger partial charge < -0.3 is 24.7 Å². The smallest absolute Gasteiger partial charge is 0.223 e. The van der Waals surface area contributed by atoms with E-state index in [2.05, 4.69) is 30.2 Å². The molecule has 2 aromatic rings. The first-order chi connectivity index (χ1) is 11.7. The van der Waals surface area contributed by atoms with Gasteiger partial charge in [0.25, 0.3) is 0 Å². The summed E-state index contributed by atoms with van der Waals surface area (Å²) in [5, 5.41) is 17.1. The molecule has 2 N–H and O–H groups in total. The number of piperazine rings is 1. The molecule has 8 heteroatoms. The standard InChI is InChI=1S/C16H22N6O2/c1-12-19-15(20-24-12)11-18-16(17-2)22-9-7-21(8-10-22)13-5-3-4-6-14(13)23/h3-6,23H,7-11H2,1-2H3,(H,17,18). The summed E-state index contributed by atoms with van der Waals surface area (Å²) in [7, 11) is 1.76. The van der Waals surface area contributed by atoms with Crippen LogP contribution in [0.3, 0.4) is 0 Å². The Labute approximate surface area is 140 Å². The highest BCUT2D eigenvalue weighted by Crippen LogP contribution is 2.27. The zero-order chi connectivity index (χ0) is 16.9. The zero-order valence-electron chi connectivity index (χ0n) is 13.9. The van der Waals surface area contributed by atoms with Gasteiger partial charge in [-0.1, -0.05) is 17.3 Å². The number of para-hydroxylation sites is 2. The van der Waals surface area contributed by atoms with E-state index < -0.39 is 0 Å². The largest absolute Gasteiger partial charge is 0.506 e. The van der Waals surface area contributed by atoms with Gasteiger partial charge in [0, 0.05) is 40.2 Å². The lowest BCUT2D eigenvalue weighted by Crippen LogP contribution is -2.52. The van der Waals surface area contributed by atoms with Gasteiger partial charge in [-0.05, 0) is 12.1 Å². The summed E-state index contributed by atoms with van der Waals surface area (Å²) in [5.74, 6) is 2.30. The average Bonchev–Trinajstić information content (AvgIpc) is 3.02. The summed E-state index contributed by atoms with van der Waals surface area (Å²) in [6, 6.07) is 7.43. The molecule has 8 nitrogen and oxygen atoms in total. The Morgan fingerprint density at radius 3 is 2.67 bits per heavy atom. The molecule has 0 radical (unpaired) electrons. The summed E-state index contributed by atoms with van der Waals surface area (Å²) in [4.78, 5) is 12.9. The molecule has 0 saturated carbocycles. The molecule has 1 aromatic carbocycles. The van der Waals surface area contributed by atoms with Gasteiger partial charge in [-0.3, -0.25) is 4.99 Å². The van der Waals surface area contributed by atoms with Crippen LogP contribution >= 0.6 is 0 Å². The molecule has 0 atom stereocenters. The Bertz CT molecular complexity index is 706. The van der Waals surface area contributed by atoms with Crippen molar-refractivity contribution in [2.24, 2.45) is 4.99 Å². The fourth-order valence-corrected chi connectivity index (χ4v) is 2.79. The maximum atomic E-state index is 9.98. The number of nitrogens with one attached hydrogen (secondary N) is 1. The van der Waals surface area contributed by atoms with Crippen molar-refractivity contribution >= 4 is 11.6 Å². The van der Waals surface area contributed by atoms with Gasteiger partial charge in [0.1, 0.15) is 5.75 Å². The molecule has 3 rings (SSSR count). The van der Waals surface area contributed by atoms with Crippen molar-refractivity contribution in [3.05, 3.63) is 36.0 Å². The number of rotatable bonds is 3. The van der Waals surface area contributed by atoms with Crippen molar-refractivity contribution < 1.29 is 9.63 Å². The van der Waals surface area contributed by atoms with Gasteiger partial charge in [0.05, 0.1) is 12.2 Å². The molecule has 128 valence electrons. The van der Waals surface area contributed by atoms with Crippen LogP contribution in [0.1, 0.15) is 11.7 Å². The molecular formula is C16H22N6O2. The van der Waals surface area contributed by atoms with Gasteiger partial charge >= 0.3 is 0 Å². The molecule has 1 aliphatic rings. The third kappa shape index (κ3) is 3.58. The Morgan fingerprint density at radius 2 is 2.04 bits per heavy atom. The highest BCUT2D eigenvalue weighted by molar-refractivity contribution is 5.80. The average molecular weight is 330 g/mol. The molecule has 0 aliphatic carbocycles. The van der Waals surface area contributed by atoms with E-state index in [9.17, 15) is 5.11 Å². The van der Waals surface area contributed by atoms with E-state index in [0.717, 1.165) is 37.8 Å². The molecule has 0 amide bonds. The lowest BCUT2D eigenvalue weighted by atomic mass is 10.2. The number of aromatic hydroxyl groups is 1. The molecule has 24 heavy (non-hydrogen) atoms. The van der Waals surface area contributed by atoms with E-state index in [1.807, 2.05) is 18.2 Å². The van der Waals surface area contributed by atoms with E-state index in [4.69, 9.17) is 4.52 Å². The molecule has 0 unspecified atom stereocenters. The lowest BCUT2D eigenvalue weighted by molar-refractivity contribution is 0.367. The molecule has 1 fully saturated rings. The Morgan fingerprint density at radius 1 is 1.29 bits per heavy atom. The molecular weight excluding hydrogens is 308 g/mol. The van der Waals surface area contributed by atoms with Crippen LogP contribution in [0.5, 0.6) is 5.75 Å². The van der Waals surface area contributed by atoms with Gasteiger partial charge in [-0.25, -0.2) is 0 Å². The Hall–Kier alpha value is -2.77. The van der Waals surface area contributed by atoms with Crippen LogP contribution in [0.15, 0.2) is 33.8 Å². The first-order valence-electron chi connectivity index (χ1n) is 7.95. The summed E-state index contributed by atoms with van der Waals surface area (Å²) < 4.78 is 4.97. The second-order valence-electron chi connectivity index (χ2n) is 5.59. The first kappa shape index (κ1) is 16.1. The summed E-state index contributed by atoms with van der Waals surface area (Å²) in [6.45, 7) is 5.52. The summed E-state index contributed by atoms with van der Waals surface area (Å²) in [6.07, 6.45) is 0. The van der Waals surface area contributed by atoms with E-state index in [0.29, 0.717) is 24.0 Å². The zero-order valence-corrected chi connectivity index (χ0v) is 13.9. The summed E-state index contributed by atoms with van der Waals surface area (Å²) in [5.41, 5.74) is 0.877. The normalized spacial score (nSPS) is 15.7. The van der Waals surface area contributed by atoms with E-state index in [1.165, 1.54) is 0 Å². The van der Waals surface area contributed by atoms with Crippen LogP contribution in [0, 0.1) is 6.92 Å². The molecule has 1 saturated heterocycles. The number of hydrogen-bond acceptors (Lipinski definition) is 6. The van der Waals surface area contributed by atoms with Gasteiger partial charge in [-0.15, -0.1) is 0 Å². The molecule has 2 heterocycles. The summed E-state index contributed by atoms with van der Waals surface area (Å²) >= 11 is 0. The van der Waals surface area contributed by atoms with Crippen LogP contribution in [0.2, 0.25) is 0 Å². The van der Waals surface area contributed by atoms with Crippen molar-refractivity contribution in [2.75, 3.05) is 38.1 Å². The van der Waals surface area contributed by atoms with Crippen molar-refractivity contribution in [1.82, 2.24) is 20.4 Å². The number of aromatic nitrogens is 2. The highest BCUT2D eigenvalue weighted by atomic mass is 16.5. The monoisotopic (exact) mass is 330 g/mol. The fraction of sp³-hybridized carbons (Fsp3) is 0.438. The SMILES string of the molecule is CN=C(NCc1noc(C)n1)N1CCN(c2ccccc2O)CC1. The number of nitrogens with zero attached hydrogens (tertiary/aromatic N) is 5. The maximum absolute atomic E-state index is 9.98. The molecule has 0 bridgehead atoms. The first-order valence-corrected chi connectivity index (χ1v) is 7.95. The number of aliphatic imine (C=N–C) groups is 1. The van der Waals surface area contributed by atoms with Gasteiger partial charge in [0.15, 0.2) is 11.8 Å². The second-order valence-corrected chi connectivity index (χ2v) is 5.59. The number of phenols is 1. The third-order valence-electron chi connectivity index (χ3n) is 3.99. The van der Waals surface area contributed by atoms with Crippen LogP contribution < -0.4 is 10.2 Å². The number of anilines is 1. The minimum atomic E-state index is 0.320. The fourth-order valence-electron chi connectivity index (χ4n) is 2.79. The predicted octanol–water partition coefficient (Wildman–Crippen LogP) is 0.981.